The fourth-order valence-corrected chi connectivity index (χ4v) is 3.17. The van der Waals surface area contributed by atoms with E-state index in [4.69, 9.17) is 28.6 Å². The average molecular weight is 389 g/mol. The Hall–Kier alpha value is -2.44. The summed E-state index contributed by atoms with van der Waals surface area (Å²) in [5, 5.41) is 10.4. The molecule has 0 bridgehead atoms. The highest BCUT2D eigenvalue weighted by Gasteiger charge is 2.30. The van der Waals surface area contributed by atoms with E-state index in [-0.39, 0.29) is 34.0 Å². The van der Waals surface area contributed by atoms with Crippen molar-refractivity contribution in [3.05, 3.63) is 58.6 Å². The third kappa shape index (κ3) is 3.86. The molecule has 0 atom stereocenters. The molecule has 3 rings (SSSR count). The largest absolute Gasteiger partial charge is 0.503 e. The Balaban J connectivity index is 1.78. The standard InChI is InChI=1S/C19H17ClN2O3S/c1-2-25-16-10-13(8-14(20)17(16)23)9-15-18(24)22(19(26)21-15)11-12-6-4-3-5-7-12/h3-8,10,23H,2,9,11H2,1H3. The molecule has 2 aromatic rings. The average Bonchev–Trinajstić information content (AvgIpc) is 2.88. The maximum Gasteiger partial charge on any atom is 0.275 e. The van der Waals surface area contributed by atoms with Crippen LogP contribution in [0, 0.1) is 0 Å². The molecule has 134 valence electrons. The number of ether oxygens (including phenoxy) is 1. The first-order chi connectivity index (χ1) is 12.5. The number of aliphatic imine (C=N–C) groups is 1. The Bertz CT molecular complexity index is 884. The van der Waals surface area contributed by atoms with Crippen LogP contribution in [0.2, 0.25) is 5.02 Å². The SMILES string of the molecule is CCOc1cc(CC2=NC(=S)N(Cc3ccccc3)C2=O)cc(Cl)c1O. The van der Waals surface area contributed by atoms with Crippen LogP contribution in [0.4, 0.5) is 0 Å². The molecule has 2 aromatic carbocycles. The molecule has 1 amide bonds. The molecule has 26 heavy (non-hydrogen) atoms. The van der Waals surface area contributed by atoms with E-state index >= 15 is 0 Å². The summed E-state index contributed by atoms with van der Waals surface area (Å²) in [6, 6.07) is 12.9. The number of benzene rings is 2. The van der Waals surface area contributed by atoms with Crippen molar-refractivity contribution in [3.8, 4) is 11.5 Å². The quantitative estimate of drug-likeness (QED) is 0.765. The van der Waals surface area contributed by atoms with E-state index in [0.29, 0.717) is 24.4 Å². The maximum absolute atomic E-state index is 12.7. The number of nitrogens with zero attached hydrogens (tertiary/aromatic N) is 2. The molecule has 1 N–H and O–H groups in total. The molecular formula is C19H17ClN2O3S. The zero-order chi connectivity index (χ0) is 18.7. The zero-order valence-corrected chi connectivity index (χ0v) is 15.7. The van der Waals surface area contributed by atoms with Gasteiger partial charge in [0.15, 0.2) is 11.5 Å². The predicted octanol–water partition coefficient (Wildman–Crippen LogP) is 3.76. The van der Waals surface area contributed by atoms with E-state index in [1.165, 1.54) is 4.90 Å². The fourth-order valence-electron chi connectivity index (χ4n) is 2.68. The third-order valence-electron chi connectivity index (χ3n) is 3.90. The minimum Gasteiger partial charge on any atom is -0.503 e. The van der Waals surface area contributed by atoms with Crippen LogP contribution in [0.3, 0.4) is 0 Å². The minimum absolute atomic E-state index is 0.113. The van der Waals surface area contributed by atoms with Gasteiger partial charge in [-0.2, -0.15) is 0 Å². The van der Waals surface area contributed by atoms with Crippen LogP contribution >= 0.6 is 23.8 Å². The highest BCUT2D eigenvalue weighted by atomic mass is 35.5. The van der Waals surface area contributed by atoms with Crippen molar-refractivity contribution in [3.63, 3.8) is 0 Å². The summed E-state index contributed by atoms with van der Waals surface area (Å²) in [4.78, 5) is 18.4. The van der Waals surface area contributed by atoms with Crippen molar-refractivity contribution in [2.24, 2.45) is 4.99 Å². The van der Waals surface area contributed by atoms with Crippen LogP contribution in [0.15, 0.2) is 47.5 Å². The third-order valence-corrected chi connectivity index (χ3v) is 4.50. The van der Waals surface area contributed by atoms with E-state index in [9.17, 15) is 9.90 Å². The number of aromatic hydroxyl groups is 1. The summed E-state index contributed by atoms with van der Waals surface area (Å²) in [6.45, 7) is 2.58. The number of carbonyl (C=O) groups excluding carboxylic acids is 1. The van der Waals surface area contributed by atoms with Gasteiger partial charge in [-0.25, -0.2) is 4.99 Å². The van der Waals surface area contributed by atoms with Crippen LogP contribution in [-0.4, -0.2) is 33.3 Å². The molecule has 0 fully saturated rings. The van der Waals surface area contributed by atoms with Crippen molar-refractivity contribution < 1.29 is 14.6 Å². The second-order valence-corrected chi connectivity index (χ2v) is 6.52. The van der Waals surface area contributed by atoms with Gasteiger partial charge in [0.05, 0.1) is 18.2 Å². The van der Waals surface area contributed by atoms with Gasteiger partial charge in [-0.05, 0) is 42.4 Å². The second kappa shape index (κ2) is 7.85. The number of phenols is 1. The molecule has 1 aliphatic rings. The van der Waals surface area contributed by atoms with Crippen LogP contribution in [0.1, 0.15) is 18.1 Å². The van der Waals surface area contributed by atoms with E-state index in [1.807, 2.05) is 37.3 Å². The fraction of sp³-hybridized carbons (Fsp3) is 0.211. The van der Waals surface area contributed by atoms with Gasteiger partial charge in [0.25, 0.3) is 5.91 Å². The van der Waals surface area contributed by atoms with Gasteiger partial charge in [-0.1, -0.05) is 41.9 Å². The summed E-state index contributed by atoms with van der Waals surface area (Å²) in [6.07, 6.45) is 0.254. The lowest BCUT2D eigenvalue weighted by molar-refractivity contribution is -0.120. The Labute approximate surface area is 161 Å². The number of hydrogen-bond acceptors (Lipinski definition) is 4. The lowest BCUT2D eigenvalue weighted by atomic mass is 10.1. The van der Waals surface area contributed by atoms with Crippen molar-refractivity contribution in [1.29, 1.82) is 0 Å². The number of hydrogen-bond donors (Lipinski definition) is 1. The van der Waals surface area contributed by atoms with E-state index < -0.39 is 0 Å². The molecule has 0 saturated heterocycles. The molecule has 0 saturated carbocycles. The minimum atomic E-state index is -0.221. The first kappa shape index (κ1) is 18.4. The molecule has 5 nitrogen and oxygen atoms in total. The normalized spacial score (nSPS) is 13.9. The van der Waals surface area contributed by atoms with Crippen molar-refractivity contribution in [1.82, 2.24) is 4.90 Å². The first-order valence-corrected chi connectivity index (χ1v) is 8.89. The summed E-state index contributed by atoms with van der Waals surface area (Å²) < 4.78 is 5.38. The molecule has 1 heterocycles. The van der Waals surface area contributed by atoms with E-state index in [2.05, 4.69) is 4.99 Å². The van der Waals surface area contributed by atoms with Gasteiger partial charge < -0.3 is 9.84 Å². The van der Waals surface area contributed by atoms with E-state index in [1.54, 1.807) is 12.1 Å². The van der Waals surface area contributed by atoms with Crippen LogP contribution < -0.4 is 4.74 Å². The van der Waals surface area contributed by atoms with Gasteiger partial charge in [0, 0.05) is 6.42 Å². The van der Waals surface area contributed by atoms with Crippen molar-refractivity contribution >= 4 is 40.6 Å². The Kier molecular flexibility index (Phi) is 5.54. The van der Waals surface area contributed by atoms with Crippen molar-refractivity contribution in [2.45, 2.75) is 19.9 Å². The highest BCUT2D eigenvalue weighted by molar-refractivity contribution is 7.80. The number of phenolic OH excluding ortho intramolecular Hbond substituents is 1. The van der Waals surface area contributed by atoms with Gasteiger partial charge in [-0.15, -0.1) is 0 Å². The zero-order valence-electron chi connectivity index (χ0n) is 14.1. The van der Waals surface area contributed by atoms with Gasteiger partial charge in [0.1, 0.15) is 5.71 Å². The summed E-state index contributed by atoms with van der Waals surface area (Å²) in [5.41, 5.74) is 2.04. The van der Waals surface area contributed by atoms with Gasteiger partial charge in [-0.3, -0.25) is 9.69 Å². The highest BCUT2D eigenvalue weighted by Crippen LogP contribution is 2.35. The van der Waals surface area contributed by atoms with Crippen LogP contribution in [0.25, 0.3) is 0 Å². The number of rotatable bonds is 6. The Morgan fingerprint density at radius 2 is 1.96 bits per heavy atom. The molecule has 0 unspecified atom stereocenters. The molecular weight excluding hydrogens is 372 g/mol. The molecule has 1 aliphatic heterocycles. The summed E-state index contributed by atoms with van der Waals surface area (Å²) in [5.74, 6) is -0.0519. The maximum atomic E-state index is 12.7. The first-order valence-electron chi connectivity index (χ1n) is 8.11. The number of carbonyl (C=O) groups is 1. The Morgan fingerprint density at radius 1 is 1.23 bits per heavy atom. The van der Waals surface area contributed by atoms with E-state index in [0.717, 1.165) is 5.56 Å². The van der Waals surface area contributed by atoms with Crippen molar-refractivity contribution in [2.75, 3.05) is 6.61 Å². The van der Waals surface area contributed by atoms with Gasteiger partial charge >= 0.3 is 0 Å². The lowest BCUT2D eigenvalue weighted by Gasteiger charge is -2.15. The number of thiocarbonyl (C=S) groups is 1. The van der Waals surface area contributed by atoms with Gasteiger partial charge in [0.2, 0.25) is 5.11 Å². The molecule has 7 heteroatoms. The molecule has 0 aliphatic carbocycles. The summed E-state index contributed by atoms with van der Waals surface area (Å²) >= 11 is 11.3. The lowest BCUT2D eigenvalue weighted by Crippen LogP contribution is -2.32. The predicted molar refractivity (Wildman–Crippen MR) is 105 cm³/mol. The second-order valence-electron chi connectivity index (χ2n) is 5.75. The van der Waals surface area contributed by atoms with Crippen LogP contribution in [0.5, 0.6) is 11.5 Å². The molecule has 0 radical (unpaired) electrons. The topological polar surface area (TPSA) is 62.1 Å². The number of halogens is 1. The molecule has 0 spiro atoms. The smallest absolute Gasteiger partial charge is 0.275 e. The summed E-state index contributed by atoms with van der Waals surface area (Å²) in [7, 11) is 0. The van der Waals surface area contributed by atoms with Crippen LogP contribution in [-0.2, 0) is 17.8 Å². The molecule has 0 aromatic heterocycles. The Morgan fingerprint density at radius 3 is 2.65 bits per heavy atom. The number of amides is 1. The monoisotopic (exact) mass is 388 g/mol.